The van der Waals surface area contributed by atoms with Crippen LogP contribution >= 0.6 is 0 Å². The Balaban J connectivity index is 1.81. The molecule has 0 unspecified atom stereocenters. The molecular weight excluding hydrogens is 286 g/mol. The lowest BCUT2D eigenvalue weighted by Gasteiger charge is -2.32. The van der Waals surface area contributed by atoms with E-state index in [9.17, 15) is 9.59 Å². The van der Waals surface area contributed by atoms with Crippen molar-refractivity contribution in [2.75, 3.05) is 13.6 Å². The number of hydrogen-bond donors (Lipinski definition) is 2. The number of oxime groups is 1. The van der Waals surface area contributed by atoms with Gasteiger partial charge in [-0.05, 0) is 13.8 Å². The Bertz CT molecular complexity index is 665. The molecule has 2 aliphatic heterocycles. The molecule has 3 rings (SSSR count). The minimum Gasteiger partial charge on any atom is -0.379 e. The van der Waals surface area contributed by atoms with Crippen molar-refractivity contribution in [1.82, 2.24) is 20.4 Å². The quantitative estimate of drug-likeness (QED) is 0.815. The van der Waals surface area contributed by atoms with Crippen molar-refractivity contribution in [2.24, 2.45) is 5.16 Å². The molecule has 0 fully saturated rings. The van der Waals surface area contributed by atoms with Crippen molar-refractivity contribution in [2.45, 2.75) is 38.8 Å². The van der Waals surface area contributed by atoms with Crippen LogP contribution in [-0.4, -0.2) is 51.8 Å². The van der Waals surface area contributed by atoms with Gasteiger partial charge in [-0.3, -0.25) is 14.7 Å². The zero-order valence-electron chi connectivity index (χ0n) is 12.9. The molecule has 1 atom stereocenters. The third kappa shape index (κ3) is 2.24. The Labute approximate surface area is 127 Å². The van der Waals surface area contributed by atoms with E-state index in [0.29, 0.717) is 31.6 Å². The molecule has 2 amide bonds. The van der Waals surface area contributed by atoms with Crippen molar-refractivity contribution < 1.29 is 14.4 Å². The second kappa shape index (κ2) is 5.11. The van der Waals surface area contributed by atoms with Crippen molar-refractivity contribution >= 4 is 17.5 Å². The monoisotopic (exact) mass is 305 g/mol. The number of hydrogen-bond acceptors (Lipinski definition) is 5. The van der Waals surface area contributed by atoms with Crippen LogP contribution in [0.25, 0.3) is 0 Å². The Kier molecular flexibility index (Phi) is 3.38. The number of H-pyrrole nitrogens is 1. The number of carbonyl (C=O) groups excluding carboxylic acids is 2. The summed E-state index contributed by atoms with van der Waals surface area (Å²) in [5.41, 5.74) is 1.90. The minimum absolute atomic E-state index is 0.109. The van der Waals surface area contributed by atoms with E-state index in [-0.39, 0.29) is 11.8 Å². The van der Waals surface area contributed by atoms with Gasteiger partial charge < -0.3 is 15.1 Å². The van der Waals surface area contributed by atoms with Gasteiger partial charge in [0.25, 0.3) is 11.8 Å². The van der Waals surface area contributed by atoms with Gasteiger partial charge in [-0.15, -0.1) is 0 Å². The topological polar surface area (TPSA) is 99.7 Å². The normalized spacial score (nSPS) is 23.6. The molecule has 2 N–H and O–H groups in total. The molecule has 8 nitrogen and oxygen atoms in total. The fourth-order valence-electron chi connectivity index (χ4n) is 2.96. The van der Waals surface area contributed by atoms with E-state index in [2.05, 4.69) is 20.7 Å². The molecule has 0 spiro atoms. The first-order valence-corrected chi connectivity index (χ1v) is 7.24. The first kappa shape index (κ1) is 14.6. The lowest BCUT2D eigenvalue weighted by Crippen LogP contribution is -2.49. The van der Waals surface area contributed by atoms with Gasteiger partial charge in [0.15, 0.2) is 5.69 Å². The van der Waals surface area contributed by atoms with E-state index in [0.717, 1.165) is 17.0 Å². The SMILES string of the molecule is CNC(=O)c1n[nH]c2c1CN(C(=O)[C@@]1(C)CC(C)=NO1)CC2. The maximum absolute atomic E-state index is 12.7. The second-order valence-electron chi connectivity index (χ2n) is 5.91. The maximum atomic E-state index is 12.7. The van der Waals surface area contributed by atoms with E-state index >= 15 is 0 Å². The highest BCUT2D eigenvalue weighted by molar-refractivity contribution is 5.96. The predicted octanol–water partition coefficient (Wildman–Crippen LogP) is 0.209. The first-order chi connectivity index (χ1) is 10.4. The fraction of sp³-hybridized carbons (Fsp3) is 0.571. The van der Waals surface area contributed by atoms with Crippen molar-refractivity contribution in [3.63, 3.8) is 0 Å². The summed E-state index contributed by atoms with van der Waals surface area (Å²) in [7, 11) is 1.56. The summed E-state index contributed by atoms with van der Waals surface area (Å²) in [6.07, 6.45) is 1.13. The van der Waals surface area contributed by atoms with Crippen LogP contribution in [0.1, 0.15) is 42.0 Å². The van der Waals surface area contributed by atoms with Crippen molar-refractivity contribution in [3.8, 4) is 0 Å². The molecule has 1 aromatic rings. The predicted molar refractivity (Wildman–Crippen MR) is 78.3 cm³/mol. The third-order valence-corrected chi connectivity index (χ3v) is 4.11. The van der Waals surface area contributed by atoms with Crippen LogP contribution in [0.3, 0.4) is 0 Å². The number of aromatic nitrogens is 2. The van der Waals surface area contributed by atoms with E-state index in [1.165, 1.54) is 0 Å². The molecule has 0 aliphatic carbocycles. The number of nitrogens with one attached hydrogen (secondary N) is 2. The van der Waals surface area contributed by atoms with Gasteiger partial charge in [0.2, 0.25) is 5.60 Å². The molecule has 0 bridgehead atoms. The fourth-order valence-corrected chi connectivity index (χ4v) is 2.96. The van der Waals surface area contributed by atoms with Crippen LogP contribution in [0.5, 0.6) is 0 Å². The van der Waals surface area contributed by atoms with Gasteiger partial charge in [-0.25, -0.2) is 0 Å². The first-order valence-electron chi connectivity index (χ1n) is 7.24. The lowest BCUT2D eigenvalue weighted by molar-refractivity contribution is -0.154. The summed E-state index contributed by atoms with van der Waals surface area (Å²) in [5, 5.41) is 13.4. The molecule has 0 aromatic carbocycles. The summed E-state index contributed by atoms with van der Waals surface area (Å²) in [6, 6.07) is 0. The average molecular weight is 305 g/mol. The summed E-state index contributed by atoms with van der Waals surface area (Å²) in [5.74, 6) is -0.364. The van der Waals surface area contributed by atoms with Crippen LogP contribution in [0, 0.1) is 0 Å². The van der Waals surface area contributed by atoms with Crippen LogP contribution in [-0.2, 0) is 22.6 Å². The molecule has 0 saturated carbocycles. The Morgan fingerprint density at radius 3 is 2.86 bits per heavy atom. The van der Waals surface area contributed by atoms with Crippen LogP contribution in [0.15, 0.2) is 5.16 Å². The second-order valence-corrected chi connectivity index (χ2v) is 5.91. The molecule has 2 aliphatic rings. The van der Waals surface area contributed by atoms with Crippen LogP contribution in [0.2, 0.25) is 0 Å². The minimum atomic E-state index is -0.946. The van der Waals surface area contributed by atoms with Crippen molar-refractivity contribution in [1.29, 1.82) is 0 Å². The van der Waals surface area contributed by atoms with Gasteiger partial charge in [0.05, 0.1) is 5.71 Å². The van der Waals surface area contributed by atoms with Crippen LogP contribution < -0.4 is 5.32 Å². The third-order valence-electron chi connectivity index (χ3n) is 4.11. The highest BCUT2D eigenvalue weighted by atomic mass is 16.7. The van der Waals surface area contributed by atoms with E-state index in [1.54, 1.807) is 18.9 Å². The Morgan fingerprint density at radius 1 is 1.45 bits per heavy atom. The molecule has 22 heavy (non-hydrogen) atoms. The largest absolute Gasteiger partial charge is 0.379 e. The van der Waals surface area contributed by atoms with Gasteiger partial charge in [-0.1, -0.05) is 5.16 Å². The zero-order valence-corrected chi connectivity index (χ0v) is 12.9. The maximum Gasteiger partial charge on any atom is 0.271 e. The standard InChI is InChI=1S/C14H19N5O3/c1-8-6-14(2,22-18-8)13(21)19-5-4-10-9(7-19)11(17-16-10)12(20)15-3/h4-7H2,1-3H3,(H,15,20)(H,16,17)/t14-/m1/s1. The molecule has 3 heterocycles. The van der Waals surface area contributed by atoms with E-state index in [1.807, 2.05) is 6.92 Å². The Hall–Kier alpha value is -2.38. The highest BCUT2D eigenvalue weighted by Crippen LogP contribution is 2.29. The summed E-state index contributed by atoms with van der Waals surface area (Å²) in [6.45, 7) is 4.51. The summed E-state index contributed by atoms with van der Waals surface area (Å²) < 4.78 is 0. The van der Waals surface area contributed by atoms with Gasteiger partial charge in [0, 0.05) is 44.2 Å². The summed E-state index contributed by atoms with van der Waals surface area (Å²) in [4.78, 5) is 31.6. The molecular formula is C14H19N5O3. The number of aromatic amines is 1. The molecule has 0 radical (unpaired) electrons. The van der Waals surface area contributed by atoms with E-state index in [4.69, 9.17) is 4.84 Å². The van der Waals surface area contributed by atoms with Crippen LogP contribution in [0.4, 0.5) is 0 Å². The molecule has 0 saturated heterocycles. The number of carbonyl (C=O) groups is 2. The molecule has 1 aromatic heterocycles. The zero-order chi connectivity index (χ0) is 15.9. The molecule has 118 valence electrons. The highest BCUT2D eigenvalue weighted by Gasteiger charge is 2.44. The number of nitrogens with zero attached hydrogens (tertiary/aromatic N) is 3. The summed E-state index contributed by atoms with van der Waals surface area (Å²) >= 11 is 0. The number of fused-ring (bicyclic) bond motifs is 1. The van der Waals surface area contributed by atoms with Gasteiger partial charge in [-0.2, -0.15) is 5.10 Å². The Morgan fingerprint density at radius 2 is 2.23 bits per heavy atom. The van der Waals surface area contributed by atoms with Gasteiger partial charge in [0.1, 0.15) is 0 Å². The average Bonchev–Trinajstić information content (AvgIpc) is 3.09. The van der Waals surface area contributed by atoms with Gasteiger partial charge >= 0.3 is 0 Å². The van der Waals surface area contributed by atoms with Crippen molar-refractivity contribution in [3.05, 3.63) is 17.0 Å². The molecule has 8 heteroatoms. The lowest BCUT2D eigenvalue weighted by atomic mass is 9.96. The van der Waals surface area contributed by atoms with E-state index < -0.39 is 5.60 Å². The smallest absolute Gasteiger partial charge is 0.271 e. The number of amides is 2. The number of rotatable bonds is 2.